The van der Waals surface area contributed by atoms with Crippen molar-refractivity contribution in [3.05, 3.63) is 46.5 Å². The van der Waals surface area contributed by atoms with Crippen LogP contribution in [0.5, 0.6) is 23.0 Å². The fourth-order valence-corrected chi connectivity index (χ4v) is 5.90. The first-order chi connectivity index (χ1) is 19.5. The lowest BCUT2D eigenvalue weighted by molar-refractivity contribution is -0.0281. The van der Waals surface area contributed by atoms with Crippen molar-refractivity contribution in [2.24, 2.45) is 0 Å². The maximum atomic E-state index is 15.2. The molecule has 2 aliphatic heterocycles. The Labute approximate surface area is 260 Å². The number of hydrogen-bond acceptors (Lipinski definition) is 5. The number of ether oxygens (including phenoxy) is 5. The van der Waals surface area contributed by atoms with Gasteiger partial charge in [0.2, 0.25) is 13.6 Å². The molecule has 0 aliphatic carbocycles. The summed E-state index contributed by atoms with van der Waals surface area (Å²) >= 11 is 24.2. The fraction of sp³-hybridized carbons (Fsp3) is 0.600. The predicted octanol–water partition coefficient (Wildman–Crippen LogP) is 11.0. The average Bonchev–Trinajstić information content (AvgIpc) is 3.58. The van der Waals surface area contributed by atoms with Gasteiger partial charge in [0.05, 0.1) is 12.2 Å². The van der Waals surface area contributed by atoms with E-state index in [0.29, 0.717) is 47.0 Å². The largest absolute Gasteiger partial charge is 0.454 e. The van der Waals surface area contributed by atoms with Crippen molar-refractivity contribution >= 4 is 46.4 Å². The summed E-state index contributed by atoms with van der Waals surface area (Å²) in [6.07, 6.45) is 7.38. The van der Waals surface area contributed by atoms with Crippen LogP contribution < -0.4 is 18.9 Å². The average molecular weight is 656 g/mol. The van der Waals surface area contributed by atoms with Gasteiger partial charge in [0.1, 0.15) is 0 Å². The molecule has 41 heavy (non-hydrogen) atoms. The van der Waals surface area contributed by atoms with Crippen molar-refractivity contribution < 1.29 is 32.5 Å². The number of hydrogen-bond donors (Lipinski definition) is 0. The molecule has 0 fully saturated rings. The second-order valence-electron chi connectivity index (χ2n) is 10.4. The monoisotopic (exact) mass is 654 g/mol. The Morgan fingerprint density at radius 2 is 1.00 bits per heavy atom. The molecule has 2 unspecified atom stereocenters. The van der Waals surface area contributed by atoms with Crippen LogP contribution in [0.3, 0.4) is 0 Å². The molecule has 2 atom stereocenters. The van der Waals surface area contributed by atoms with Crippen LogP contribution in [0.2, 0.25) is 0 Å². The van der Waals surface area contributed by atoms with E-state index in [2.05, 4.69) is 13.8 Å². The van der Waals surface area contributed by atoms with Gasteiger partial charge < -0.3 is 23.7 Å². The molecule has 0 amide bonds. The highest BCUT2D eigenvalue weighted by atomic mass is 35.5. The number of rotatable bonds is 16. The molecule has 0 saturated heterocycles. The first-order valence-corrected chi connectivity index (χ1v) is 15.7. The summed E-state index contributed by atoms with van der Waals surface area (Å²) in [5.41, 5.74) is 0.885. The van der Waals surface area contributed by atoms with Gasteiger partial charge in [-0.1, -0.05) is 112 Å². The van der Waals surface area contributed by atoms with E-state index in [-0.39, 0.29) is 24.7 Å². The van der Waals surface area contributed by atoms with Gasteiger partial charge in [0.15, 0.2) is 23.0 Å². The number of fused-ring (bicyclic) bond motifs is 2. The van der Waals surface area contributed by atoms with Crippen LogP contribution >= 0.6 is 46.4 Å². The van der Waals surface area contributed by atoms with E-state index in [1.54, 1.807) is 12.1 Å². The maximum Gasteiger partial charge on any atom is 0.283 e. The Morgan fingerprint density at radius 3 is 1.34 bits per heavy atom. The SMILES string of the molecule is CCCCCCC(OC(CCCCCC)c1cc2c(cc1C(F)(Cl)Cl)OCO2)c1cc2c(cc1C(F)(Cl)Cl)OCO2. The summed E-state index contributed by atoms with van der Waals surface area (Å²) in [5.74, 6) is 1.57. The van der Waals surface area contributed by atoms with Gasteiger partial charge in [-0.2, -0.15) is 0 Å². The quantitative estimate of drug-likeness (QED) is 0.133. The number of benzene rings is 2. The molecule has 0 spiro atoms. The number of unbranched alkanes of at least 4 members (excludes halogenated alkanes) is 6. The summed E-state index contributed by atoms with van der Waals surface area (Å²) < 4.78 is 54.0. The molecule has 5 nitrogen and oxygen atoms in total. The zero-order valence-electron chi connectivity index (χ0n) is 23.3. The smallest absolute Gasteiger partial charge is 0.283 e. The second-order valence-corrected chi connectivity index (χ2v) is 12.9. The topological polar surface area (TPSA) is 46.2 Å². The van der Waals surface area contributed by atoms with E-state index in [0.717, 1.165) is 51.4 Å². The van der Waals surface area contributed by atoms with Crippen LogP contribution in [0.1, 0.15) is 113 Å². The molecule has 2 aromatic rings. The Balaban J connectivity index is 1.78. The van der Waals surface area contributed by atoms with Crippen LogP contribution in [-0.4, -0.2) is 13.6 Å². The highest BCUT2D eigenvalue weighted by molar-refractivity contribution is 6.47. The molecule has 2 aliphatic rings. The van der Waals surface area contributed by atoms with Crippen LogP contribution in [-0.2, 0) is 13.9 Å². The van der Waals surface area contributed by atoms with E-state index in [4.69, 9.17) is 70.1 Å². The van der Waals surface area contributed by atoms with E-state index in [9.17, 15) is 0 Å². The lowest BCUT2D eigenvalue weighted by atomic mass is 9.94. The minimum absolute atomic E-state index is 0.00521. The summed E-state index contributed by atoms with van der Waals surface area (Å²) in [4.78, 5) is 0. The van der Waals surface area contributed by atoms with Crippen molar-refractivity contribution in [2.75, 3.05) is 13.6 Å². The van der Waals surface area contributed by atoms with Gasteiger partial charge in [-0.25, -0.2) is 8.78 Å². The standard InChI is InChI=1S/C30H36Cl4F2O5/c1-3-5-7-9-11-23(19-13-25-27(39-17-37-25)15-21(19)29(31,32)35)41-24(12-10-8-6-4-2)20-14-26-28(40-18-38-26)16-22(20)30(33,34)36/h13-16,23-24H,3-12,17-18H2,1-2H3. The minimum Gasteiger partial charge on any atom is -0.454 e. The Bertz CT molecular complexity index is 1080. The third kappa shape index (κ3) is 8.38. The van der Waals surface area contributed by atoms with Crippen molar-refractivity contribution in [3.63, 3.8) is 0 Å². The summed E-state index contributed by atoms with van der Waals surface area (Å²) in [7, 11) is 0. The third-order valence-electron chi connectivity index (χ3n) is 7.36. The van der Waals surface area contributed by atoms with Gasteiger partial charge in [-0.05, 0) is 48.2 Å². The van der Waals surface area contributed by atoms with Gasteiger partial charge in [0.25, 0.3) is 9.17 Å². The Hall–Kier alpha value is -1.38. The maximum absolute atomic E-state index is 15.2. The van der Waals surface area contributed by atoms with Gasteiger partial charge >= 0.3 is 0 Å². The third-order valence-corrected chi connectivity index (χ3v) is 8.18. The van der Waals surface area contributed by atoms with E-state index >= 15 is 8.78 Å². The van der Waals surface area contributed by atoms with E-state index in [1.807, 2.05) is 0 Å². The molecule has 2 aromatic carbocycles. The molecule has 0 N–H and O–H groups in total. The molecule has 4 rings (SSSR count). The molecular weight excluding hydrogens is 620 g/mol. The summed E-state index contributed by atoms with van der Waals surface area (Å²) in [6.45, 7) is 4.23. The Morgan fingerprint density at radius 1 is 0.634 bits per heavy atom. The van der Waals surface area contributed by atoms with Crippen molar-refractivity contribution in [1.82, 2.24) is 0 Å². The predicted molar refractivity (Wildman–Crippen MR) is 158 cm³/mol. The van der Waals surface area contributed by atoms with Gasteiger partial charge in [0, 0.05) is 11.1 Å². The lowest BCUT2D eigenvalue weighted by Crippen LogP contribution is -2.18. The van der Waals surface area contributed by atoms with Crippen molar-refractivity contribution in [1.29, 1.82) is 0 Å². The molecule has 0 aromatic heterocycles. The summed E-state index contributed by atoms with van der Waals surface area (Å²) in [5, 5.41) is 0. The number of halogens is 6. The van der Waals surface area contributed by atoms with Crippen molar-refractivity contribution in [2.45, 2.75) is 99.4 Å². The second kappa shape index (κ2) is 14.4. The normalized spacial score (nSPS) is 15.8. The first kappa shape index (κ1) is 32.5. The first-order valence-electron chi connectivity index (χ1n) is 14.2. The highest BCUT2D eigenvalue weighted by Crippen LogP contribution is 2.51. The lowest BCUT2D eigenvalue weighted by Gasteiger charge is -2.30. The minimum atomic E-state index is -2.72. The zero-order valence-corrected chi connectivity index (χ0v) is 26.3. The molecular formula is C30H36Cl4F2O5. The molecule has 2 heterocycles. The van der Waals surface area contributed by atoms with E-state index in [1.165, 1.54) is 12.1 Å². The van der Waals surface area contributed by atoms with Gasteiger partial charge in [-0.3, -0.25) is 0 Å². The van der Waals surface area contributed by atoms with Crippen LogP contribution in [0, 0.1) is 0 Å². The molecule has 0 saturated carbocycles. The number of alkyl halides is 6. The van der Waals surface area contributed by atoms with E-state index < -0.39 is 21.4 Å². The van der Waals surface area contributed by atoms with Crippen LogP contribution in [0.15, 0.2) is 24.3 Å². The van der Waals surface area contributed by atoms with Crippen molar-refractivity contribution in [3.8, 4) is 23.0 Å². The van der Waals surface area contributed by atoms with Gasteiger partial charge in [-0.15, -0.1) is 0 Å². The molecule has 11 heteroatoms. The zero-order chi connectivity index (χ0) is 29.6. The summed E-state index contributed by atoms with van der Waals surface area (Å²) in [6, 6.07) is 6.23. The Kier molecular flexibility index (Phi) is 11.4. The fourth-order valence-electron chi connectivity index (χ4n) is 5.24. The highest BCUT2D eigenvalue weighted by Gasteiger charge is 2.38. The molecule has 0 radical (unpaired) electrons. The van der Waals surface area contributed by atoms with Crippen LogP contribution in [0.4, 0.5) is 8.78 Å². The molecule has 228 valence electrons. The van der Waals surface area contributed by atoms with Crippen LogP contribution in [0.25, 0.3) is 0 Å². The molecule has 0 bridgehead atoms.